The molecule has 1 aliphatic heterocycles. The standard InChI is InChI=1S/C28H30ClFN6O2/c1-3-24-21(7-5-19-6-8-25(31)32-17-19)27(34-18-33-24)20-15-22(29)26(23(30)16-20)28(37)36-11-9-35(10-12-36)13-14-38-4-2/h6,8,15-18H,3-4,9-14H2,1-2H3,(H2,31,32). The lowest BCUT2D eigenvalue weighted by molar-refractivity contribution is 0.0561. The Balaban J connectivity index is 1.59. The summed E-state index contributed by atoms with van der Waals surface area (Å²) in [6, 6.07) is 6.28. The normalized spacial score (nSPS) is 13.7. The highest BCUT2D eigenvalue weighted by molar-refractivity contribution is 6.34. The number of nitrogen functional groups attached to an aromatic ring is 1. The number of ether oxygens (including phenoxy) is 1. The third kappa shape index (κ3) is 6.45. The van der Waals surface area contributed by atoms with E-state index in [-0.39, 0.29) is 10.6 Å². The van der Waals surface area contributed by atoms with E-state index in [0.717, 1.165) is 6.54 Å². The summed E-state index contributed by atoms with van der Waals surface area (Å²) in [5.41, 5.74) is 8.32. The van der Waals surface area contributed by atoms with E-state index in [9.17, 15) is 4.79 Å². The molecule has 198 valence electrons. The molecule has 2 N–H and O–H groups in total. The van der Waals surface area contributed by atoms with Gasteiger partial charge in [0.05, 0.1) is 34.1 Å². The quantitative estimate of drug-likeness (QED) is 0.363. The lowest BCUT2D eigenvalue weighted by atomic mass is 10.0. The Hall–Kier alpha value is -3.58. The Bertz CT molecular complexity index is 1320. The first kappa shape index (κ1) is 27.5. The zero-order valence-electron chi connectivity index (χ0n) is 21.5. The molecule has 0 aliphatic carbocycles. The van der Waals surface area contributed by atoms with Crippen molar-refractivity contribution in [2.24, 2.45) is 0 Å². The summed E-state index contributed by atoms with van der Waals surface area (Å²) in [4.78, 5) is 29.8. The van der Waals surface area contributed by atoms with Gasteiger partial charge < -0.3 is 15.4 Å². The summed E-state index contributed by atoms with van der Waals surface area (Å²) in [5.74, 6) is 5.43. The molecule has 8 nitrogen and oxygen atoms in total. The number of aryl methyl sites for hydroxylation is 1. The summed E-state index contributed by atoms with van der Waals surface area (Å²) in [7, 11) is 0. The van der Waals surface area contributed by atoms with E-state index >= 15 is 4.39 Å². The molecule has 0 unspecified atom stereocenters. The van der Waals surface area contributed by atoms with Gasteiger partial charge in [-0.25, -0.2) is 19.3 Å². The Morgan fingerprint density at radius 2 is 1.92 bits per heavy atom. The second kappa shape index (κ2) is 12.8. The molecule has 2 aromatic heterocycles. The van der Waals surface area contributed by atoms with Crippen molar-refractivity contribution < 1.29 is 13.9 Å². The molecule has 1 aliphatic rings. The SMILES string of the molecule is CCOCCN1CCN(C(=O)c2c(F)cc(-c3ncnc(CC)c3C#Cc3ccc(N)nc3)cc2Cl)CC1. The van der Waals surface area contributed by atoms with E-state index in [0.29, 0.717) is 79.7 Å². The Kier molecular flexibility index (Phi) is 9.24. The summed E-state index contributed by atoms with van der Waals surface area (Å²) in [6.45, 7) is 8.42. The summed E-state index contributed by atoms with van der Waals surface area (Å²) < 4.78 is 20.8. The van der Waals surface area contributed by atoms with Crippen LogP contribution in [0.15, 0.2) is 36.8 Å². The first-order chi connectivity index (χ1) is 18.4. The Labute approximate surface area is 227 Å². The van der Waals surface area contributed by atoms with Crippen LogP contribution < -0.4 is 5.73 Å². The van der Waals surface area contributed by atoms with Crippen molar-refractivity contribution in [2.75, 3.05) is 51.7 Å². The van der Waals surface area contributed by atoms with Crippen LogP contribution in [0, 0.1) is 17.7 Å². The van der Waals surface area contributed by atoms with Gasteiger partial charge in [-0.2, -0.15) is 0 Å². The van der Waals surface area contributed by atoms with Crippen LogP contribution in [-0.2, 0) is 11.2 Å². The second-order valence-electron chi connectivity index (χ2n) is 8.76. The van der Waals surface area contributed by atoms with Gasteiger partial charge in [0, 0.05) is 56.7 Å². The molecule has 0 atom stereocenters. The maximum Gasteiger partial charge on any atom is 0.258 e. The lowest BCUT2D eigenvalue weighted by Crippen LogP contribution is -2.49. The average Bonchev–Trinajstić information content (AvgIpc) is 2.92. The molecule has 0 bridgehead atoms. The highest BCUT2D eigenvalue weighted by Gasteiger charge is 2.27. The molecule has 3 heterocycles. The number of nitrogens with two attached hydrogens (primary N) is 1. The number of hydrogen-bond donors (Lipinski definition) is 1. The summed E-state index contributed by atoms with van der Waals surface area (Å²) in [5, 5.41) is 0.0297. The average molecular weight is 537 g/mol. The first-order valence-corrected chi connectivity index (χ1v) is 12.9. The number of piperazine rings is 1. The van der Waals surface area contributed by atoms with Crippen molar-refractivity contribution in [1.82, 2.24) is 24.8 Å². The molecule has 1 saturated heterocycles. The van der Waals surface area contributed by atoms with E-state index in [2.05, 4.69) is 31.7 Å². The van der Waals surface area contributed by atoms with Gasteiger partial charge in [0.2, 0.25) is 0 Å². The van der Waals surface area contributed by atoms with Gasteiger partial charge in [-0.3, -0.25) is 9.69 Å². The maximum atomic E-state index is 15.4. The van der Waals surface area contributed by atoms with E-state index in [1.54, 1.807) is 29.3 Å². The van der Waals surface area contributed by atoms with Crippen LogP contribution in [0.4, 0.5) is 10.2 Å². The van der Waals surface area contributed by atoms with Gasteiger partial charge in [-0.05, 0) is 37.6 Å². The van der Waals surface area contributed by atoms with Crippen molar-refractivity contribution >= 4 is 23.3 Å². The van der Waals surface area contributed by atoms with Crippen LogP contribution in [0.1, 0.15) is 41.0 Å². The van der Waals surface area contributed by atoms with E-state index in [1.807, 2.05) is 13.8 Å². The molecule has 1 aromatic carbocycles. The van der Waals surface area contributed by atoms with E-state index in [1.165, 1.54) is 12.4 Å². The Morgan fingerprint density at radius 3 is 2.58 bits per heavy atom. The molecule has 10 heteroatoms. The van der Waals surface area contributed by atoms with Crippen LogP contribution in [0.2, 0.25) is 5.02 Å². The highest BCUT2D eigenvalue weighted by atomic mass is 35.5. The van der Waals surface area contributed by atoms with Crippen LogP contribution >= 0.6 is 11.6 Å². The zero-order valence-corrected chi connectivity index (χ0v) is 22.3. The molecule has 4 rings (SSSR count). The molecular formula is C28H30ClFN6O2. The second-order valence-corrected chi connectivity index (χ2v) is 9.17. The van der Waals surface area contributed by atoms with Gasteiger partial charge in [-0.15, -0.1) is 0 Å². The van der Waals surface area contributed by atoms with Crippen molar-refractivity contribution in [3.05, 3.63) is 70.0 Å². The zero-order chi connectivity index (χ0) is 27.1. The number of carbonyl (C=O) groups excluding carboxylic acids is 1. The highest BCUT2D eigenvalue weighted by Crippen LogP contribution is 2.31. The first-order valence-electron chi connectivity index (χ1n) is 12.6. The predicted octanol–water partition coefficient (Wildman–Crippen LogP) is 3.67. The largest absolute Gasteiger partial charge is 0.384 e. The fourth-order valence-electron chi connectivity index (χ4n) is 4.24. The van der Waals surface area contributed by atoms with E-state index in [4.69, 9.17) is 22.1 Å². The van der Waals surface area contributed by atoms with Crippen LogP contribution in [0.5, 0.6) is 0 Å². The minimum atomic E-state index is -0.699. The number of aromatic nitrogens is 3. The van der Waals surface area contributed by atoms with Crippen LogP contribution in [0.25, 0.3) is 11.3 Å². The number of hydrogen-bond acceptors (Lipinski definition) is 7. The maximum absolute atomic E-state index is 15.4. The smallest absolute Gasteiger partial charge is 0.258 e. The summed E-state index contributed by atoms with van der Waals surface area (Å²) >= 11 is 6.51. The number of benzene rings is 1. The molecular weight excluding hydrogens is 507 g/mol. The predicted molar refractivity (Wildman–Crippen MR) is 145 cm³/mol. The minimum Gasteiger partial charge on any atom is -0.384 e. The van der Waals surface area contributed by atoms with Crippen LogP contribution in [-0.4, -0.2) is 76.6 Å². The van der Waals surface area contributed by atoms with Gasteiger partial charge in [0.1, 0.15) is 18.0 Å². The molecule has 0 saturated carbocycles. The van der Waals surface area contributed by atoms with Crippen molar-refractivity contribution in [3.8, 4) is 23.1 Å². The number of pyridine rings is 1. The molecule has 0 spiro atoms. The van der Waals surface area contributed by atoms with Crippen molar-refractivity contribution in [3.63, 3.8) is 0 Å². The fourth-order valence-corrected chi connectivity index (χ4v) is 4.53. The minimum absolute atomic E-state index is 0.0297. The van der Waals surface area contributed by atoms with Gasteiger partial charge in [0.25, 0.3) is 5.91 Å². The molecule has 3 aromatic rings. The van der Waals surface area contributed by atoms with E-state index < -0.39 is 11.7 Å². The number of anilines is 1. The third-order valence-electron chi connectivity index (χ3n) is 6.32. The monoisotopic (exact) mass is 536 g/mol. The molecule has 0 radical (unpaired) electrons. The van der Waals surface area contributed by atoms with Gasteiger partial charge in [0.15, 0.2) is 0 Å². The molecule has 1 fully saturated rings. The van der Waals surface area contributed by atoms with Crippen molar-refractivity contribution in [2.45, 2.75) is 20.3 Å². The molecule has 1 amide bonds. The molecule has 38 heavy (non-hydrogen) atoms. The van der Waals surface area contributed by atoms with Gasteiger partial charge >= 0.3 is 0 Å². The fraction of sp³-hybridized carbons (Fsp3) is 0.357. The number of nitrogens with zero attached hydrogens (tertiary/aromatic N) is 5. The van der Waals surface area contributed by atoms with Gasteiger partial charge in [-0.1, -0.05) is 30.4 Å². The van der Waals surface area contributed by atoms with Crippen molar-refractivity contribution in [1.29, 1.82) is 0 Å². The number of amides is 1. The number of halogens is 2. The number of rotatable bonds is 7. The van der Waals surface area contributed by atoms with Crippen LogP contribution in [0.3, 0.4) is 0 Å². The topological polar surface area (TPSA) is 97.5 Å². The third-order valence-corrected chi connectivity index (χ3v) is 6.62. The number of carbonyl (C=O) groups is 1. The summed E-state index contributed by atoms with van der Waals surface area (Å²) in [6.07, 6.45) is 3.59. The lowest BCUT2D eigenvalue weighted by Gasteiger charge is -2.34. The Morgan fingerprint density at radius 1 is 1.13 bits per heavy atom.